The number of thiophene rings is 1. The maximum Gasteiger partial charge on any atom is 0.311 e. The molecule has 5 heteroatoms. The molecule has 0 spiro atoms. The quantitative estimate of drug-likeness (QED) is 0.667. The molecule has 0 radical (unpaired) electrons. The lowest BCUT2D eigenvalue weighted by Gasteiger charge is -1.99. The molecule has 2 rings (SSSR count). The van der Waals surface area contributed by atoms with Gasteiger partial charge in [-0.2, -0.15) is 0 Å². The van der Waals surface area contributed by atoms with E-state index in [0.717, 1.165) is 16.9 Å². The minimum absolute atomic E-state index is 0.256. The highest BCUT2D eigenvalue weighted by molar-refractivity contribution is 7.13. The Morgan fingerprint density at radius 2 is 2.18 bits per heavy atom. The Balaban J connectivity index is 2.46. The molecule has 0 saturated heterocycles. The minimum atomic E-state index is -0.576. The lowest BCUT2D eigenvalue weighted by Crippen LogP contribution is -1.88. The van der Waals surface area contributed by atoms with Gasteiger partial charge >= 0.3 is 5.69 Å². The summed E-state index contributed by atoms with van der Waals surface area (Å²) < 4.78 is 0. The smallest absolute Gasteiger partial charge is 0.311 e. The third-order valence-corrected chi connectivity index (χ3v) is 3.55. The maximum absolute atomic E-state index is 10.7. The van der Waals surface area contributed by atoms with Crippen LogP contribution in [0, 0.1) is 10.1 Å². The predicted molar refractivity (Wildman–Crippen MR) is 67.5 cm³/mol. The van der Waals surface area contributed by atoms with Gasteiger partial charge in [-0.1, -0.05) is 6.92 Å². The van der Waals surface area contributed by atoms with Crippen LogP contribution < -0.4 is 0 Å². The largest absolute Gasteiger partial charge is 0.502 e. The fraction of sp³-hybridized carbons (Fsp3) is 0.167. The van der Waals surface area contributed by atoms with Gasteiger partial charge in [0.05, 0.1) is 4.92 Å². The van der Waals surface area contributed by atoms with Gasteiger partial charge in [-0.15, -0.1) is 11.3 Å². The zero-order valence-corrected chi connectivity index (χ0v) is 10.0. The molecule has 0 fully saturated rings. The summed E-state index contributed by atoms with van der Waals surface area (Å²) in [4.78, 5) is 11.1. The van der Waals surface area contributed by atoms with Crippen LogP contribution in [0.25, 0.3) is 10.4 Å². The van der Waals surface area contributed by atoms with E-state index in [1.54, 1.807) is 17.4 Å². The average molecular weight is 249 g/mol. The Bertz CT molecular complexity index is 563. The molecule has 1 aromatic heterocycles. The standard InChI is InChI=1S/C12H11NO3S/c1-2-8-5-12(17-7-8)9-3-4-11(14)10(6-9)13(15)16/h3-7,14H,2H2,1H3. The van der Waals surface area contributed by atoms with Gasteiger partial charge in [-0.25, -0.2) is 0 Å². The summed E-state index contributed by atoms with van der Waals surface area (Å²) in [5.41, 5.74) is 1.72. The van der Waals surface area contributed by atoms with Crippen molar-refractivity contribution >= 4 is 17.0 Å². The summed E-state index contributed by atoms with van der Waals surface area (Å²) in [6, 6.07) is 6.47. The van der Waals surface area contributed by atoms with Crippen molar-refractivity contribution in [2.75, 3.05) is 0 Å². The first kappa shape index (κ1) is 11.6. The van der Waals surface area contributed by atoms with Crippen LogP contribution in [0.2, 0.25) is 0 Å². The van der Waals surface area contributed by atoms with Crippen molar-refractivity contribution in [3.8, 4) is 16.2 Å². The molecule has 88 valence electrons. The van der Waals surface area contributed by atoms with Gasteiger partial charge < -0.3 is 5.11 Å². The summed E-state index contributed by atoms with van der Waals surface area (Å²) in [6.07, 6.45) is 0.941. The van der Waals surface area contributed by atoms with Gasteiger partial charge in [0.1, 0.15) is 0 Å². The van der Waals surface area contributed by atoms with Crippen molar-refractivity contribution in [1.29, 1.82) is 0 Å². The molecule has 0 aliphatic carbocycles. The molecular formula is C12H11NO3S. The summed E-state index contributed by atoms with van der Waals surface area (Å²) >= 11 is 1.55. The van der Waals surface area contributed by atoms with Gasteiger partial charge in [-0.3, -0.25) is 10.1 Å². The number of benzene rings is 1. The van der Waals surface area contributed by atoms with Gasteiger partial charge in [0.25, 0.3) is 0 Å². The number of phenols is 1. The van der Waals surface area contributed by atoms with E-state index in [-0.39, 0.29) is 11.4 Å². The molecule has 0 aliphatic rings. The van der Waals surface area contributed by atoms with Gasteiger partial charge in [-0.05, 0) is 41.1 Å². The molecule has 4 nitrogen and oxygen atoms in total. The summed E-state index contributed by atoms with van der Waals surface area (Å²) in [6.45, 7) is 2.06. The number of hydrogen-bond donors (Lipinski definition) is 1. The van der Waals surface area contributed by atoms with Crippen LogP contribution in [0.5, 0.6) is 5.75 Å². The molecule has 17 heavy (non-hydrogen) atoms. The van der Waals surface area contributed by atoms with Crippen molar-refractivity contribution in [2.24, 2.45) is 0 Å². The van der Waals surface area contributed by atoms with E-state index in [4.69, 9.17) is 0 Å². The number of aromatic hydroxyl groups is 1. The fourth-order valence-electron chi connectivity index (χ4n) is 1.54. The van der Waals surface area contributed by atoms with Crippen molar-refractivity contribution < 1.29 is 10.0 Å². The SMILES string of the molecule is CCc1csc(-c2ccc(O)c([N+](=O)[O-])c2)c1. The first-order valence-corrected chi connectivity index (χ1v) is 6.05. The third-order valence-electron chi connectivity index (χ3n) is 2.52. The van der Waals surface area contributed by atoms with E-state index in [0.29, 0.717) is 0 Å². The third kappa shape index (κ3) is 2.29. The Kier molecular flexibility index (Phi) is 3.10. The molecule has 0 bridgehead atoms. The highest BCUT2D eigenvalue weighted by Gasteiger charge is 2.14. The molecule has 0 saturated carbocycles. The normalized spacial score (nSPS) is 10.4. The van der Waals surface area contributed by atoms with Crippen LogP contribution in [0.15, 0.2) is 29.6 Å². The van der Waals surface area contributed by atoms with Gasteiger partial charge in [0, 0.05) is 10.9 Å². The second-order valence-corrected chi connectivity index (χ2v) is 4.54. The monoisotopic (exact) mass is 249 g/mol. The Morgan fingerprint density at radius 3 is 2.76 bits per heavy atom. The first-order valence-electron chi connectivity index (χ1n) is 5.17. The number of aryl methyl sites for hydroxylation is 1. The number of nitro groups is 1. The van der Waals surface area contributed by atoms with Crippen LogP contribution in [0.3, 0.4) is 0 Å². The number of rotatable bonds is 3. The van der Waals surface area contributed by atoms with E-state index in [2.05, 4.69) is 6.92 Å². The van der Waals surface area contributed by atoms with Crippen molar-refractivity contribution in [3.05, 3.63) is 45.3 Å². The summed E-state index contributed by atoms with van der Waals surface area (Å²) in [5.74, 6) is -0.300. The Hall–Kier alpha value is -1.88. The number of phenolic OH excluding ortho intramolecular Hbond substituents is 1. The second kappa shape index (κ2) is 4.55. The molecular weight excluding hydrogens is 238 g/mol. The van der Waals surface area contributed by atoms with Crippen LogP contribution in [-0.4, -0.2) is 10.0 Å². The summed E-state index contributed by atoms with van der Waals surface area (Å²) in [5, 5.41) is 22.1. The highest BCUT2D eigenvalue weighted by Crippen LogP contribution is 2.34. The van der Waals surface area contributed by atoms with E-state index < -0.39 is 4.92 Å². The molecule has 0 aliphatic heterocycles. The lowest BCUT2D eigenvalue weighted by molar-refractivity contribution is -0.385. The van der Waals surface area contributed by atoms with Crippen LogP contribution >= 0.6 is 11.3 Å². The molecule has 1 N–H and O–H groups in total. The van der Waals surface area contributed by atoms with Gasteiger partial charge in [0.2, 0.25) is 0 Å². The molecule has 1 aromatic carbocycles. The van der Waals surface area contributed by atoms with E-state index >= 15 is 0 Å². The minimum Gasteiger partial charge on any atom is -0.502 e. The zero-order chi connectivity index (χ0) is 12.4. The zero-order valence-electron chi connectivity index (χ0n) is 9.21. The lowest BCUT2D eigenvalue weighted by atomic mass is 10.1. The predicted octanol–water partition coefficient (Wildman–Crippen LogP) is 3.59. The van der Waals surface area contributed by atoms with E-state index in [1.165, 1.54) is 17.7 Å². The van der Waals surface area contributed by atoms with Crippen LogP contribution in [0.1, 0.15) is 12.5 Å². The second-order valence-electron chi connectivity index (χ2n) is 3.63. The van der Waals surface area contributed by atoms with E-state index in [9.17, 15) is 15.2 Å². The molecule has 2 aromatic rings. The van der Waals surface area contributed by atoms with Crippen molar-refractivity contribution in [3.63, 3.8) is 0 Å². The highest BCUT2D eigenvalue weighted by atomic mass is 32.1. The number of nitro benzene ring substituents is 1. The van der Waals surface area contributed by atoms with Crippen LogP contribution in [-0.2, 0) is 6.42 Å². The number of hydrogen-bond acceptors (Lipinski definition) is 4. The molecule has 0 atom stereocenters. The first-order chi connectivity index (χ1) is 8.11. The summed E-state index contributed by atoms with van der Waals surface area (Å²) in [7, 11) is 0. The maximum atomic E-state index is 10.7. The van der Waals surface area contributed by atoms with E-state index in [1.807, 2.05) is 11.4 Å². The van der Waals surface area contributed by atoms with Crippen molar-refractivity contribution in [2.45, 2.75) is 13.3 Å². The fourth-order valence-corrected chi connectivity index (χ4v) is 2.53. The average Bonchev–Trinajstić information content (AvgIpc) is 2.78. The van der Waals surface area contributed by atoms with Gasteiger partial charge in [0.15, 0.2) is 5.75 Å². The molecule has 1 heterocycles. The topological polar surface area (TPSA) is 63.4 Å². The van der Waals surface area contributed by atoms with Crippen LogP contribution in [0.4, 0.5) is 5.69 Å². The Morgan fingerprint density at radius 1 is 1.41 bits per heavy atom. The molecule has 0 unspecified atom stereocenters. The van der Waals surface area contributed by atoms with Crippen molar-refractivity contribution in [1.82, 2.24) is 0 Å². The molecule has 0 amide bonds. The Labute approximate surface area is 102 Å². The number of nitrogens with zero attached hydrogens (tertiary/aromatic N) is 1.